The van der Waals surface area contributed by atoms with Crippen LogP contribution < -0.4 is 0 Å². The molecule has 1 saturated heterocycles. The van der Waals surface area contributed by atoms with Gasteiger partial charge in [0.05, 0.1) is 12.0 Å². The van der Waals surface area contributed by atoms with Crippen molar-refractivity contribution in [3.05, 3.63) is 22.8 Å². The van der Waals surface area contributed by atoms with Crippen molar-refractivity contribution < 1.29 is 19.4 Å². The molecule has 0 bridgehead atoms. The maximum Gasteiger partial charge on any atom is 0.309 e. The van der Waals surface area contributed by atoms with Crippen LogP contribution in [0.2, 0.25) is 0 Å². The zero-order valence-corrected chi connectivity index (χ0v) is 11.3. The SMILES string of the molecule is CC1=CC(=O)C2=C(C)C[C@@H](O)C3C(OC(=O)[C@@H]3C)C12. The molecule has 1 heterocycles. The molecular formula is C15H18O4. The summed E-state index contributed by atoms with van der Waals surface area (Å²) in [5, 5.41) is 10.3. The smallest absolute Gasteiger partial charge is 0.309 e. The number of carbonyl (C=O) groups is 2. The predicted octanol–water partition coefficient (Wildman–Crippen LogP) is 1.39. The van der Waals surface area contributed by atoms with Gasteiger partial charge < -0.3 is 9.84 Å². The van der Waals surface area contributed by atoms with E-state index in [2.05, 4.69) is 0 Å². The summed E-state index contributed by atoms with van der Waals surface area (Å²) in [6.45, 7) is 5.59. The van der Waals surface area contributed by atoms with Gasteiger partial charge in [0.25, 0.3) is 0 Å². The zero-order valence-electron chi connectivity index (χ0n) is 11.3. The van der Waals surface area contributed by atoms with Crippen molar-refractivity contribution in [2.45, 2.75) is 39.4 Å². The van der Waals surface area contributed by atoms with Gasteiger partial charge in [0.2, 0.25) is 0 Å². The van der Waals surface area contributed by atoms with Crippen LogP contribution in [0.1, 0.15) is 27.2 Å². The molecule has 2 aliphatic carbocycles. The van der Waals surface area contributed by atoms with Crippen molar-refractivity contribution in [3.8, 4) is 0 Å². The quantitative estimate of drug-likeness (QED) is 0.670. The summed E-state index contributed by atoms with van der Waals surface area (Å²) in [7, 11) is 0. The lowest BCUT2D eigenvalue weighted by Gasteiger charge is -2.26. The fraction of sp³-hybridized carbons (Fsp3) is 0.600. The van der Waals surface area contributed by atoms with Crippen LogP contribution in [0.25, 0.3) is 0 Å². The van der Waals surface area contributed by atoms with Crippen LogP contribution in [-0.4, -0.2) is 29.1 Å². The largest absolute Gasteiger partial charge is 0.461 e. The minimum atomic E-state index is -0.620. The number of aliphatic hydroxyl groups excluding tert-OH is 1. The lowest BCUT2D eigenvalue weighted by atomic mass is 9.80. The average molecular weight is 262 g/mol. The second-order valence-corrected chi connectivity index (χ2v) is 5.96. The number of fused-ring (bicyclic) bond motifs is 3. The maximum absolute atomic E-state index is 12.1. The first kappa shape index (κ1) is 12.6. The van der Waals surface area contributed by atoms with Crippen molar-refractivity contribution in [2.24, 2.45) is 17.8 Å². The average Bonchev–Trinajstić information content (AvgIpc) is 2.72. The van der Waals surface area contributed by atoms with Crippen molar-refractivity contribution in [1.82, 2.24) is 0 Å². The van der Waals surface area contributed by atoms with Crippen LogP contribution in [0.3, 0.4) is 0 Å². The highest BCUT2D eigenvalue weighted by molar-refractivity contribution is 6.09. The molecule has 1 aliphatic heterocycles. The summed E-state index contributed by atoms with van der Waals surface area (Å²) in [5.41, 5.74) is 2.59. The normalized spacial score (nSPS) is 41.7. The third kappa shape index (κ3) is 1.62. The van der Waals surface area contributed by atoms with Crippen LogP contribution in [-0.2, 0) is 14.3 Å². The Balaban J connectivity index is 2.11. The van der Waals surface area contributed by atoms with E-state index in [9.17, 15) is 14.7 Å². The minimum Gasteiger partial charge on any atom is -0.461 e. The molecule has 4 nitrogen and oxygen atoms in total. The predicted molar refractivity (Wildman–Crippen MR) is 68.1 cm³/mol. The Morgan fingerprint density at radius 1 is 1.32 bits per heavy atom. The zero-order chi connectivity index (χ0) is 13.9. The highest BCUT2D eigenvalue weighted by atomic mass is 16.6. The van der Waals surface area contributed by atoms with Gasteiger partial charge in [-0.05, 0) is 26.3 Å². The Hall–Kier alpha value is -1.42. The highest BCUT2D eigenvalue weighted by Gasteiger charge is 2.53. The summed E-state index contributed by atoms with van der Waals surface area (Å²) >= 11 is 0. The lowest BCUT2D eigenvalue weighted by Crippen LogP contribution is -2.35. The number of ether oxygens (including phenoxy) is 1. The van der Waals surface area contributed by atoms with Crippen LogP contribution in [0.5, 0.6) is 0 Å². The molecule has 1 fully saturated rings. The molecule has 5 atom stereocenters. The first-order valence-electron chi connectivity index (χ1n) is 6.72. The molecule has 0 aromatic carbocycles. The Kier molecular flexibility index (Phi) is 2.68. The van der Waals surface area contributed by atoms with Crippen molar-refractivity contribution in [3.63, 3.8) is 0 Å². The third-order valence-corrected chi connectivity index (χ3v) is 4.75. The molecule has 19 heavy (non-hydrogen) atoms. The van der Waals surface area contributed by atoms with E-state index in [1.807, 2.05) is 13.8 Å². The number of allylic oxidation sites excluding steroid dienone is 1. The number of ketones is 1. The molecule has 3 aliphatic rings. The second kappa shape index (κ2) is 4.04. The van der Waals surface area contributed by atoms with Crippen LogP contribution >= 0.6 is 0 Å². The fourth-order valence-corrected chi connectivity index (χ4v) is 3.82. The monoisotopic (exact) mass is 262 g/mol. The topological polar surface area (TPSA) is 63.6 Å². The number of hydrogen-bond acceptors (Lipinski definition) is 4. The van der Waals surface area contributed by atoms with Gasteiger partial charge >= 0.3 is 5.97 Å². The molecule has 102 valence electrons. The summed E-state index contributed by atoms with van der Waals surface area (Å²) < 4.78 is 5.48. The first-order chi connectivity index (χ1) is 8.91. The van der Waals surface area contributed by atoms with Crippen LogP contribution in [0.4, 0.5) is 0 Å². The van der Waals surface area contributed by atoms with Gasteiger partial charge in [-0.3, -0.25) is 9.59 Å². The maximum atomic E-state index is 12.1. The number of hydrogen-bond donors (Lipinski definition) is 1. The van der Waals surface area contributed by atoms with Gasteiger partial charge in [-0.15, -0.1) is 0 Å². The molecule has 0 amide bonds. The van der Waals surface area contributed by atoms with E-state index in [0.717, 1.165) is 16.7 Å². The molecule has 0 aromatic heterocycles. The summed E-state index contributed by atoms with van der Waals surface area (Å²) in [6.07, 6.45) is 1.06. The number of rotatable bonds is 0. The summed E-state index contributed by atoms with van der Waals surface area (Å²) in [4.78, 5) is 23.9. The van der Waals surface area contributed by atoms with E-state index in [4.69, 9.17) is 4.74 Å². The van der Waals surface area contributed by atoms with Crippen LogP contribution in [0, 0.1) is 17.8 Å². The first-order valence-corrected chi connectivity index (χ1v) is 6.72. The summed E-state index contributed by atoms with van der Waals surface area (Å²) in [5.74, 6) is -0.957. The fourth-order valence-electron chi connectivity index (χ4n) is 3.82. The standard InChI is InChI=1S/C15H18O4/c1-6-4-10(17)13-8(3)15(18)19-14(13)12-7(2)5-9(16)11(6)12/h5,8,10,12-14,17H,4H2,1-3H3/t8-,10-,12?,13?,14?/m1/s1. The van der Waals surface area contributed by atoms with E-state index in [0.29, 0.717) is 6.42 Å². The molecule has 0 aromatic rings. The molecule has 0 saturated carbocycles. The molecule has 0 spiro atoms. The molecule has 1 N–H and O–H groups in total. The number of esters is 1. The lowest BCUT2D eigenvalue weighted by molar-refractivity contribution is -0.144. The molecular weight excluding hydrogens is 244 g/mol. The van der Waals surface area contributed by atoms with Crippen molar-refractivity contribution in [2.75, 3.05) is 0 Å². The third-order valence-electron chi connectivity index (χ3n) is 4.75. The Bertz CT molecular complexity index is 528. The number of aliphatic hydroxyl groups is 1. The van der Waals surface area contributed by atoms with Gasteiger partial charge in [0.1, 0.15) is 6.10 Å². The van der Waals surface area contributed by atoms with Gasteiger partial charge in [-0.2, -0.15) is 0 Å². The van der Waals surface area contributed by atoms with Gasteiger partial charge in [-0.25, -0.2) is 0 Å². The van der Waals surface area contributed by atoms with E-state index in [1.54, 1.807) is 13.0 Å². The highest BCUT2D eigenvalue weighted by Crippen LogP contribution is 2.47. The van der Waals surface area contributed by atoms with Gasteiger partial charge in [0.15, 0.2) is 5.78 Å². The Morgan fingerprint density at radius 3 is 2.68 bits per heavy atom. The Labute approximate surface area is 112 Å². The second-order valence-electron chi connectivity index (χ2n) is 5.96. The minimum absolute atomic E-state index is 0.00320. The van der Waals surface area contributed by atoms with Crippen LogP contribution in [0.15, 0.2) is 22.8 Å². The number of carbonyl (C=O) groups excluding carboxylic acids is 2. The van der Waals surface area contributed by atoms with Crippen molar-refractivity contribution >= 4 is 11.8 Å². The van der Waals surface area contributed by atoms with Crippen molar-refractivity contribution in [1.29, 1.82) is 0 Å². The summed E-state index contributed by atoms with van der Waals surface area (Å²) in [6, 6.07) is 0. The van der Waals surface area contributed by atoms with E-state index >= 15 is 0 Å². The van der Waals surface area contributed by atoms with E-state index in [1.165, 1.54) is 0 Å². The van der Waals surface area contributed by atoms with E-state index in [-0.39, 0.29) is 29.5 Å². The molecule has 3 unspecified atom stereocenters. The van der Waals surface area contributed by atoms with Gasteiger partial charge in [0, 0.05) is 17.4 Å². The molecule has 3 rings (SSSR count). The molecule has 4 heteroatoms. The molecule has 0 radical (unpaired) electrons. The Morgan fingerprint density at radius 2 is 2.00 bits per heavy atom. The van der Waals surface area contributed by atoms with Gasteiger partial charge in [-0.1, -0.05) is 18.1 Å². The van der Waals surface area contributed by atoms with E-state index < -0.39 is 12.2 Å².